The van der Waals surface area contributed by atoms with Crippen LogP contribution in [0.5, 0.6) is 5.75 Å². The second kappa shape index (κ2) is 6.18. The second-order valence-corrected chi connectivity index (χ2v) is 6.05. The van der Waals surface area contributed by atoms with Crippen LogP contribution in [0.15, 0.2) is 34.9 Å². The number of halogens is 1. The Labute approximate surface area is 128 Å². The molecule has 1 N–H and O–H groups in total. The minimum absolute atomic E-state index is 0.112. The maximum absolute atomic E-state index is 11.8. The summed E-state index contributed by atoms with van der Waals surface area (Å²) in [6, 6.07) is 8.50. The summed E-state index contributed by atoms with van der Waals surface area (Å²) in [5.74, 6) is 1.35. The Bertz CT molecular complexity index is 615. The van der Waals surface area contributed by atoms with E-state index in [0.717, 1.165) is 0 Å². The number of benzene rings is 1. The third kappa shape index (κ3) is 4.49. The average molecular weight is 309 g/mol. The third-order valence-corrected chi connectivity index (χ3v) is 2.95. The number of carbonyl (C=O) groups is 1. The lowest BCUT2D eigenvalue weighted by molar-refractivity contribution is -0.118. The minimum Gasteiger partial charge on any atom is -0.484 e. The van der Waals surface area contributed by atoms with Crippen LogP contribution in [0.4, 0.5) is 5.82 Å². The van der Waals surface area contributed by atoms with Gasteiger partial charge in [0.1, 0.15) is 11.5 Å². The molecule has 21 heavy (non-hydrogen) atoms. The molecule has 1 aromatic carbocycles. The first-order chi connectivity index (χ1) is 9.84. The van der Waals surface area contributed by atoms with Crippen LogP contribution in [0.25, 0.3) is 0 Å². The molecule has 0 aliphatic heterocycles. The van der Waals surface area contributed by atoms with Gasteiger partial charge in [-0.2, -0.15) is 0 Å². The molecule has 0 fully saturated rings. The Balaban J connectivity index is 1.87. The van der Waals surface area contributed by atoms with E-state index in [-0.39, 0.29) is 17.9 Å². The monoisotopic (exact) mass is 308 g/mol. The van der Waals surface area contributed by atoms with E-state index >= 15 is 0 Å². The van der Waals surface area contributed by atoms with Crippen LogP contribution in [-0.4, -0.2) is 17.7 Å². The number of nitrogens with zero attached hydrogens (tertiary/aromatic N) is 1. The van der Waals surface area contributed by atoms with E-state index in [1.54, 1.807) is 30.3 Å². The predicted molar refractivity (Wildman–Crippen MR) is 80.8 cm³/mol. The number of hydrogen-bond acceptors (Lipinski definition) is 4. The van der Waals surface area contributed by atoms with Gasteiger partial charge in [-0.05, 0) is 24.3 Å². The summed E-state index contributed by atoms with van der Waals surface area (Å²) in [6.45, 7) is 5.90. The first-order valence-electron chi connectivity index (χ1n) is 6.50. The molecular weight excluding hydrogens is 292 g/mol. The summed E-state index contributed by atoms with van der Waals surface area (Å²) in [6.07, 6.45) is 0. The van der Waals surface area contributed by atoms with E-state index in [0.29, 0.717) is 22.4 Å². The van der Waals surface area contributed by atoms with Crippen molar-refractivity contribution in [2.45, 2.75) is 26.2 Å². The first-order valence-corrected chi connectivity index (χ1v) is 6.88. The quantitative estimate of drug-likeness (QED) is 0.936. The summed E-state index contributed by atoms with van der Waals surface area (Å²) >= 11 is 5.77. The van der Waals surface area contributed by atoms with Crippen LogP contribution < -0.4 is 10.1 Å². The van der Waals surface area contributed by atoms with Gasteiger partial charge in [0.05, 0.1) is 0 Å². The molecule has 5 nitrogen and oxygen atoms in total. The molecule has 0 aliphatic carbocycles. The molecule has 0 unspecified atom stereocenters. The van der Waals surface area contributed by atoms with E-state index in [1.165, 1.54) is 0 Å². The highest BCUT2D eigenvalue weighted by molar-refractivity contribution is 6.30. The van der Waals surface area contributed by atoms with Gasteiger partial charge in [0.15, 0.2) is 12.4 Å². The molecule has 1 heterocycles. The highest BCUT2D eigenvalue weighted by Gasteiger charge is 2.20. The summed E-state index contributed by atoms with van der Waals surface area (Å²) in [4.78, 5) is 11.8. The molecule has 2 aromatic rings. The summed E-state index contributed by atoms with van der Waals surface area (Å²) in [7, 11) is 0. The second-order valence-electron chi connectivity index (χ2n) is 5.62. The van der Waals surface area contributed by atoms with Crippen molar-refractivity contribution in [1.29, 1.82) is 0 Å². The Kier molecular flexibility index (Phi) is 4.53. The van der Waals surface area contributed by atoms with Crippen LogP contribution in [0.2, 0.25) is 5.02 Å². The van der Waals surface area contributed by atoms with Gasteiger partial charge >= 0.3 is 0 Å². The maximum Gasteiger partial charge on any atom is 0.263 e. The molecule has 112 valence electrons. The number of ether oxygens (including phenoxy) is 1. The van der Waals surface area contributed by atoms with Crippen molar-refractivity contribution < 1.29 is 14.1 Å². The van der Waals surface area contributed by atoms with E-state index < -0.39 is 0 Å². The number of hydrogen-bond donors (Lipinski definition) is 1. The van der Waals surface area contributed by atoms with E-state index in [4.69, 9.17) is 20.9 Å². The molecule has 0 spiro atoms. The van der Waals surface area contributed by atoms with Gasteiger partial charge in [-0.15, -0.1) is 0 Å². The van der Waals surface area contributed by atoms with Gasteiger partial charge in [-0.3, -0.25) is 4.79 Å². The number of rotatable bonds is 4. The predicted octanol–water partition coefficient (Wildman–Crippen LogP) is 3.64. The molecular formula is C15H17ClN2O3. The van der Waals surface area contributed by atoms with Gasteiger partial charge in [0, 0.05) is 16.5 Å². The minimum atomic E-state index is -0.307. The Hall–Kier alpha value is -2.01. The molecule has 6 heteroatoms. The number of carbonyl (C=O) groups excluding carboxylic acids is 1. The lowest BCUT2D eigenvalue weighted by atomic mass is 9.93. The summed E-state index contributed by atoms with van der Waals surface area (Å²) < 4.78 is 10.5. The topological polar surface area (TPSA) is 64.4 Å². The standard InChI is InChI=1S/C15H17ClN2O3/c1-15(2,3)12-8-13(18-21-12)17-14(19)9-20-11-6-4-10(16)5-7-11/h4-8H,9H2,1-3H3,(H,17,18,19). The van der Waals surface area contributed by atoms with E-state index in [1.807, 2.05) is 20.8 Å². The maximum atomic E-state index is 11.8. The van der Waals surface area contributed by atoms with Crippen molar-refractivity contribution in [3.05, 3.63) is 41.1 Å². The van der Waals surface area contributed by atoms with Gasteiger partial charge in [0.25, 0.3) is 5.91 Å². The third-order valence-electron chi connectivity index (χ3n) is 2.70. The lowest BCUT2D eigenvalue weighted by Gasteiger charge is -2.12. The molecule has 0 aliphatic rings. The van der Waals surface area contributed by atoms with Gasteiger partial charge < -0.3 is 14.6 Å². The van der Waals surface area contributed by atoms with Crippen molar-refractivity contribution in [3.63, 3.8) is 0 Å². The summed E-state index contributed by atoms with van der Waals surface area (Å²) in [5, 5.41) is 7.05. The fraction of sp³-hybridized carbons (Fsp3) is 0.333. The number of nitrogens with one attached hydrogen (secondary N) is 1. The van der Waals surface area contributed by atoms with Crippen molar-refractivity contribution in [1.82, 2.24) is 5.16 Å². The molecule has 0 bridgehead atoms. The Morgan fingerprint density at radius 1 is 1.33 bits per heavy atom. The van der Waals surface area contributed by atoms with Crippen molar-refractivity contribution in [2.75, 3.05) is 11.9 Å². The first kappa shape index (κ1) is 15.4. The molecule has 0 radical (unpaired) electrons. The largest absolute Gasteiger partial charge is 0.484 e. The number of aromatic nitrogens is 1. The smallest absolute Gasteiger partial charge is 0.263 e. The normalized spacial score (nSPS) is 11.2. The Morgan fingerprint density at radius 2 is 2.00 bits per heavy atom. The summed E-state index contributed by atoms with van der Waals surface area (Å²) in [5.41, 5.74) is -0.157. The van der Waals surface area contributed by atoms with Crippen LogP contribution in [0.1, 0.15) is 26.5 Å². The number of amides is 1. The van der Waals surface area contributed by atoms with Crippen molar-refractivity contribution in [3.8, 4) is 5.75 Å². The average Bonchev–Trinajstić information content (AvgIpc) is 2.86. The zero-order valence-corrected chi connectivity index (χ0v) is 12.9. The molecule has 2 rings (SSSR count). The van der Waals surface area contributed by atoms with E-state index in [9.17, 15) is 4.79 Å². The molecule has 1 amide bonds. The van der Waals surface area contributed by atoms with Crippen LogP contribution in [0, 0.1) is 0 Å². The fourth-order valence-corrected chi connectivity index (χ4v) is 1.67. The highest BCUT2D eigenvalue weighted by Crippen LogP contribution is 2.24. The highest BCUT2D eigenvalue weighted by atomic mass is 35.5. The lowest BCUT2D eigenvalue weighted by Crippen LogP contribution is -2.20. The van der Waals surface area contributed by atoms with Crippen LogP contribution in [-0.2, 0) is 10.2 Å². The Morgan fingerprint density at radius 3 is 2.57 bits per heavy atom. The molecule has 0 saturated heterocycles. The van der Waals surface area contributed by atoms with Gasteiger partial charge in [-0.25, -0.2) is 0 Å². The fourth-order valence-electron chi connectivity index (χ4n) is 1.55. The van der Waals surface area contributed by atoms with Crippen LogP contribution >= 0.6 is 11.6 Å². The zero-order chi connectivity index (χ0) is 15.5. The molecule has 1 aromatic heterocycles. The molecule has 0 saturated carbocycles. The van der Waals surface area contributed by atoms with Crippen molar-refractivity contribution in [2.24, 2.45) is 0 Å². The van der Waals surface area contributed by atoms with Gasteiger partial charge in [-0.1, -0.05) is 37.5 Å². The van der Waals surface area contributed by atoms with Crippen LogP contribution in [0.3, 0.4) is 0 Å². The zero-order valence-electron chi connectivity index (χ0n) is 12.1. The van der Waals surface area contributed by atoms with E-state index in [2.05, 4.69) is 10.5 Å². The van der Waals surface area contributed by atoms with Gasteiger partial charge in [0.2, 0.25) is 0 Å². The molecule has 0 atom stereocenters. The number of anilines is 1. The van der Waals surface area contributed by atoms with Crippen molar-refractivity contribution >= 4 is 23.3 Å². The SMILES string of the molecule is CC(C)(C)c1cc(NC(=O)COc2ccc(Cl)cc2)no1.